The van der Waals surface area contributed by atoms with Gasteiger partial charge in [0.1, 0.15) is 18.5 Å². The van der Waals surface area contributed by atoms with Crippen molar-refractivity contribution in [2.45, 2.75) is 50.9 Å². The molecule has 2 aliphatic rings. The van der Waals surface area contributed by atoms with Gasteiger partial charge >= 0.3 is 0 Å². The van der Waals surface area contributed by atoms with E-state index in [4.69, 9.17) is 16.3 Å². The summed E-state index contributed by atoms with van der Waals surface area (Å²) in [4.78, 5) is 26.3. The molecule has 0 spiro atoms. The van der Waals surface area contributed by atoms with Crippen LogP contribution in [-0.4, -0.2) is 29.7 Å². The fourth-order valence-corrected chi connectivity index (χ4v) is 4.25. The van der Waals surface area contributed by atoms with Crippen LogP contribution in [0.3, 0.4) is 0 Å². The van der Waals surface area contributed by atoms with Gasteiger partial charge in [0.05, 0.1) is 6.04 Å². The number of aldehydes is 1. The summed E-state index contributed by atoms with van der Waals surface area (Å²) >= 11 is 6.28. The highest BCUT2D eigenvalue weighted by atomic mass is 35.5. The molecule has 1 saturated heterocycles. The summed E-state index contributed by atoms with van der Waals surface area (Å²) < 4.78 is 6.36. The molecule has 4 nitrogen and oxygen atoms in total. The summed E-state index contributed by atoms with van der Waals surface area (Å²) in [5, 5.41) is 0.642. The largest absolute Gasteiger partial charge is 0.358 e. The van der Waals surface area contributed by atoms with Crippen LogP contribution in [0.25, 0.3) is 0 Å². The van der Waals surface area contributed by atoms with E-state index < -0.39 is 6.10 Å². The Morgan fingerprint density at radius 1 is 1.14 bits per heavy atom. The van der Waals surface area contributed by atoms with Gasteiger partial charge in [0.25, 0.3) is 5.91 Å². The second kappa shape index (κ2) is 8.68. The molecule has 2 aromatic rings. The molecule has 0 N–H and O–H groups in total. The number of rotatable bonds is 7. The van der Waals surface area contributed by atoms with Crippen LogP contribution in [-0.2, 0) is 14.3 Å². The smallest absolute Gasteiger partial charge is 0.252 e. The van der Waals surface area contributed by atoms with Crippen molar-refractivity contribution in [2.75, 3.05) is 6.54 Å². The van der Waals surface area contributed by atoms with Crippen LogP contribution in [0.4, 0.5) is 0 Å². The SMILES string of the molecule is Cc1ccc(C2C(c3cccc(Cl)c3)OC(CCC=O)C(=O)N2CC2CC2)cc1. The molecule has 152 valence electrons. The number of ether oxygens (including phenoxy) is 1. The van der Waals surface area contributed by atoms with Crippen LogP contribution < -0.4 is 0 Å². The molecule has 0 radical (unpaired) electrons. The van der Waals surface area contributed by atoms with E-state index in [0.717, 1.165) is 36.8 Å². The highest BCUT2D eigenvalue weighted by Crippen LogP contribution is 2.45. The molecule has 0 bridgehead atoms. The van der Waals surface area contributed by atoms with Crippen molar-refractivity contribution >= 4 is 23.8 Å². The molecule has 3 atom stereocenters. The highest BCUT2D eigenvalue weighted by molar-refractivity contribution is 6.30. The van der Waals surface area contributed by atoms with Crippen molar-refractivity contribution in [1.82, 2.24) is 4.90 Å². The first kappa shape index (κ1) is 20.1. The number of halogens is 1. The molecule has 4 rings (SSSR count). The van der Waals surface area contributed by atoms with Gasteiger partial charge in [-0.15, -0.1) is 0 Å². The second-order valence-electron chi connectivity index (χ2n) is 8.13. The summed E-state index contributed by atoms with van der Waals surface area (Å²) in [6.45, 7) is 2.79. The van der Waals surface area contributed by atoms with Gasteiger partial charge in [-0.05, 0) is 55.4 Å². The number of hydrogen-bond acceptors (Lipinski definition) is 3. The molecular weight excluding hydrogens is 386 g/mol. The van der Waals surface area contributed by atoms with Gasteiger partial charge in [0.2, 0.25) is 0 Å². The number of nitrogens with zero attached hydrogens (tertiary/aromatic N) is 1. The van der Waals surface area contributed by atoms with E-state index in [1.54, 1.807) is 0 Å². The van der Waals surface area contributed by atoms with Crippen molar-refractivity contribution in [2.24, 2.45) is 5.92 Å². The monoisotopic (exact) mass is 411 g/mol. The molecular formula is C24H26ClNO3. The van der Waals surface area contributed by atoms with Gasteiger partial charge in [-0.25, -0.2) is 0 Å². The van der Waals surface area contributed by atoms with E-state index in [1.807, 2.05) is 29.2 Å². The first-order chi connectivity index (χ1) is 14.1. The summed E-state index contributed by atoms with van der Waals surface area (Å²) in [5.41, 5.74) is 3.18. The van der Waals surface area contributed by atoms with E-state index in [1.165, 1.54) is 5.56 Å². The zero-order valence-electron chi connectivity index (χ0n) is 16.6. The van der Waals surface area contributed by atoms with E-state index in [-0.39, 0.29) is 18.1 Å². The number of aryl methyl sites for hydroxylation is 1. The lowest BCUT2D eigenvalue weighted by atomic mass is 9.90. The number of hydrogen-bond donors (Lipinski definition) is 0. The Morgan fingerprint density at radius 2 is 1.90 bits per heavy atom. The number of amides is 1. The van der Waals surface area contributed by atoms with Crippen LogP contribution in [0, 0.1) is 12.8 Å². The van der Waals surface area contributed by atoms with Crippen molar-refractivity contribution in [3.8, 4) is 0 Å². The Labute approximate surface area is 176 Å². The predicted molar refractivity (Wildman–Crippen MR) is 113 cm³/mol. The van der Waals surface area contributed by atoms with Crippen molar-refractivity contribution in [3.63, 3.8) is 0 Å². The topological polar surface area (TPSA) is 46.6 Å². The summed E-state index contributed by atoms with van der Waals surface area (Å²) in [6.07, 6.45) is 2.95. The fraction of sp³-hybridized carbons (Fsp3) is 0.417. The minimum absolute atomic E-state index is 0.0115. The average Bonchev–Trinajstić information content (AvgIpc) is 3.53. The fourth-order valence-electron chi connectivity index (χ4n) is 4.05. The third-order valence-corrected chi connectivity index (χ3v) is 6.02. The molecule has 1 amide bonds. The minimum Gasteiger partial charge on any atom is -0.358 e. The molecule has 1 saturated carbocycles. The Kier molecular flexibility index (Phi) is 6.02. The maximum atomic E-state index is 13.3. The van der Waals surface area contributed by atoms with Crippen molar-refractivity contribution in [1.29, 1.82) is 0 Å². The summed E-state index contributed by atoms with van der Waals surface area (Å²) in [7, 11) is 0. The summed E-state index contributed by atoms with van der Waals surface area (Å²) in [6, 6.07) is 15.8. The standard InChI is InChI=1S/C24H26ClNO3/c1-16-7-11-18(12-8-16)22-23(19-4-2-5-20(25)14-19)29-21(6-3-13-27)24(28)26(22)15-17-9-10-17/h2,4-5,7-8,11-14,17,21-23H,3,6,9-10,15H2,1H3. The molecule has 1 heterocycles. The molecule has 1 aliphatic heterocycles. The molecule has 2 aromatic carbocycles. The second-order valence-corrected chi connectivity index (χ2v) is 8.57. The highest BCUT2D eigenvalue weighted by Gasteiger charge is 2.45. The zero-order chi connectivity index (χ0) is 20.4. The molecule has 0 aromatic heterocycles. The lowest BCUT2D eigenvalue weighted by Crippen LogP contribution is -2.51. The van der Waals surface area contributed by atoms with Crippen LogP contribution in [0.5, 0.6) is 0 Å². The maximum Gasteiger partial charge on any atom is 0.252 e. The van der Waals surface area contributed by atoms with Gasteiger partial charge in [-0.2, -0.15) is 0 Å². The quantitative estimate of drug-likeness (QED) is 0.599. The molecule has 5 heteroatoms. The normalized spacial score (nSPS) is 24.6. The zero-order valence-corrected chi connectivity index (χ0v) is 17.3. The number of carbonyl (C=O) groups excluding carboxylic acids is 2. The van der Waals surface area contributed by atoms with E-state index in [0.29, 0.717) is 23.8 Å². The third-order valence-electron chi connectivity index (χ3n) is 5.79. The molecule has 1 aliphatic carbocycles. The summed E-state index contributed by atoms with van der Waals surface area (Å²) in [5.74, 6) is 0.541. The van der Waals surface area contributed by atoms with Gasteiger partial charge in [-0.1, -0.05) is 53.6 Å². The van der Waals surface area contributed by atoms with Gasteiger partial charge in [-0.3, -0.25) is 4.79 Å². The average molecular weight is 412 g/mol. The number of carbonyl (C=O) groups is 2. The lowest BCUT2D eigenvalue weighted by Gasteiger charge is -2.45. The van der Waals surface area contributed by atoms with Crippen molar-refractivity contribution < 1.29 is 14.3 Å². The van der Waals surface area contributed by atoms with Crippen molar-refractivity contribution in [3.05, 3.63) is 70.2 Å². The van der Waals surface area contributed by atoms with Gasteiger partial charge < -0.3 is 14.4 Å². The maximum absolute atomic E-state index is 13.3. The Hall–Kier alpha value is -2.17. The predicted octanol–water partition coefficient (Wildman–Crippen LogP) is 5.05. The van der Waals surface area contributed by atoms with Crippen LogP contribution >= 0.6 is 11.6 Å². The number of benzene rings is 2. The molecule has 29 heavy (non-hydrogen) atoms. The molecule has 3 unspecified atom stereocenters. The Balaban J connectivity index is 1.76. The Morgan fingerprint density at radius 3 is 2.55 bits per heavy atom. The third kappa shape index (κ3) is 4.54. The van der Waals surface area contributed by atoms with Crippen LogP contribution in [0.15, 0.2) is 48.5 Å². The molecule has 2 fully saturated rings. The Bertz CT molecular complexity index is 878. The van der Waals surface area contributed by atoms with E-state index in [9.17, 15) is 9.59 Å². The van der Waals surface area contributed by atoms with Gasteiger partial charge in [0.15, 0.2) is 0 Å². The minimum atomic E-state index is -0.607. The van der Waals surface area contributed by atoms with Gasteiger partial charge in [0, 0.05) is 18.0 Å². The van der Waals surface area contributed by atoms with E-state index >= 15 is 0 Å². The lowest BCUT2D eigenvalue weighted by molar-refractivity contribution is -0.175. The first-order valence-electron chi connectivity index (χ1n) is 10.3. The number of morpholine rings is 1. The van der Waals surface area contributed by atoms with E-state index in [2.05, 4.69) is 31.2 Å². The van der Waals surface area contributed by atoms with Crippen LogP contribution in [0.1, 0.15) is 54.5 Å². The first-order valence-corrected chi connectivity index (χ1v) is 10.7. The van der Waals surface area contributed by atoms with Crippen LogP contribution in [0.2, 0.25) is 5.02 Å².